The molecular formula is C23H28F3N5O2. The molecule has 0 spiro atoms. The van der Waals surface area contributed by atoms with Crippen molar-refractivity contribution in [3.63, 3.8) is 0 Å². The van der Waals surface area contributed by atoms with Gasteiger partial charge in [0.2, 0.25) is 0 Å². The van der Waals surface area contributed by atoms with Crippen molar-refractivity contribution in [3.05, 3.63) is 24.3 Å². The largest absolute Gasteiger partial charge is 0.573 e. The molecule has 3 saturated carbocycles. The van der Waals surface area contributed by atoms with E-state index in [1.807, 2.05) is 6.20 Å². The number of aromatic nitrogens is 3. The monoisotopic (exact) mass is 463 g/mol. The van der Waals surface area contributed by atoms with Crippen LogP contribution in [0.5, 0.6) is 5.75 Å². The van der Waals surface area contributed by atoms with Crippen molar-refractivity contribution >= 4 is 5.82 Å². The first kappa shape index (κ1) is 21.2. The lowest BCUT2D eigenvalue weighted by molar-refractivity contribution is -0.274. The van der Waals surface area contributed by atoms with E-state index in [2.05, 4.69) is 26.1 Å². The van der Waals surface area contributed by atoms with Crippen molar-refractivity contribution in [2.45, 2.75) is 63.0 Å². The second-order valence-electron chi connectivity index (χ2n) is 9.93. The molecule has 3 unspecified atom stereocenters. The van der Waals surface area contributed by atoms with Gasteiger partial charge in [-0.2, -0.15) is 0 Å². The van der Waals surface area contributed by atoms with Crippen LogP contribution in [0.15, 0.2) is 18.5 Å². The van der Waals surface area contributed by atoms with Crippen LogP contribution in [-0.2, 0) is 4.74 Å². The van der Waals surface area contributed by atoms with Crippen LogP contribution in [0.1, 0.15) is 50.4 Å². The van der Waals surface area contributed by atoms with Crippen molar-refractivity contribution in [2.24, 2.45) is 11.8 Å². The Balaban J connectivity index is 1.23. The van der Waals surface area contributed by atoms with E-state index < -0.39 is 12.1 Å². The number of nitrogen functional groups attached to an aromatic ring is 1. The predicted molar refractivity (Wildman–Crippen MR) is 115 cm³/mol. The molecule has 2 N–H and O–H groups in total. The maximum absolute atomic E-state index is 12.7. The smallest absolute Gasteiger partial charge is 0.402 e. The molecule has 0 radical (unpaired) electrons. The van der Waals surface area contributed by atoms with Crippen LogP contribution in [0.2, 0.25) is 0 Å². The number of nitrogens with zero attached hydrogens (tertiary/aromatic N) is 4. The summed E-state index contributed by atoms with van der Waals surface area (Å²) in [5.74, 6) is 1.97. The predicted octanol–water partition coefficient (Wildman–Crippen LogP) is 3.97. The Morgan fingerprint density at radius 3 is 2.64 bits per heavy atom. The molecule has 3 heterocycles. The summed E-state index contributed by atoms with van der Waals surface area (Å²) in [5, 5.41) is 0. The Morgan fingerprint density at radius 1 is 1.21 bits per heavy atom. The molecule has 3 aliphatic carbocycles. The van der Waals surface area contributed by atoms with Crippen molar-refractivity contribution in [1.82, 2.24) is 19.4 Å². The van der Waals surface area contributed by atoms with Gasteiger partial charge >= 0.3 is 6.36 Å². The molecule has 0 amide bonds. The minimum atomic E-state index is -4.83. The number of fused-ring (bicyclic) bond motifs is 1. The summed E-state index contributed by atoms with van der Waals surface area (Å²) in [7, 11) is 0. The Hall–Kier alpha value is -2.33. The van der Waals surface area contributed by atoms with Gasteiger partial charge in [0.1, 0.15) is 5.82 Å². The van der Waals surface area contributed by atoms with Crippen LogP contribution in [0.4, 0.5) is 19.0 Å². The van der Waals surface area contributed by atoms with Crippen LogP contribution >= 0.6 is 0 Å². The number of imidazole rings is 1. The van der Waals surface area contributed by atoms with Gasteiger partial charge in [0.15, 0.2) is 11.6 Å². The van der Waals surface area contributed by atoms with Crippen molar-refractivity contribution in [2.75, 3.05) is 25.5 Å². The number of pyridine rings is 1. The molecule has 178 valence electrons. The van der Waals surface area contributed by atoms with Gasteiger partial charge in [-0.15, -0.1) is 13.2 Å². The quantitative estimate of drug-likeness (QED) is 0.723. The van der Waals surface area contributed by atoms with E-state index in [1.54, 1.807) is 0 Å². The van der Waals surface area contributed by atoms with E-state index in [4.69, 9.17) is 15.5 Å². The molecule has 10 heteroatoms. The van der Waals surface area contributed by atoms with Crippen molar-refractivity contribution in [1.29, 1.82) is 0 Å². The molecule has 33 heavy (non-hydrogen) atoms. The first-order chi connectivity index (χ1) is 15.8. The summed E-state index contributed by atoms with van der Waals surface area (Å²) in [4.78, 5) is 11.4. The van der Waals surface area contributed by atoms with Gasteiger partial charge in [0.05, 0.1) is 18.9 Å². The second-order valence-corrected chi connectivity index (χ2v) is 9.93. The number of anilines is 1. The third kappa shape index (κ3) is 3.97. The normalized spacial score (nSPS) is 32.1. The van der Waals surface area contributed by atoms with Crippen LogP contribution in [0.3, 0.4) is 0 Å². The Morgan fingerprint density at radius 2 is 1.97 bits per heavy atom. The zero-order valence-corrected chi connectivity index (χ0v) is 18.5. The standard InChI is InChI=1S/C23H28F3N5O2/c1-12-11-32-5-4-30(12)15-7-16-17(8-15)20(16)31-10-18(29-22(31)13-2-3-13)14-6-19(21(27)28-9-14)33-23(24,25)26/h6,9-10,12-13,15-17,20H,2-5,7-8,11H2,1H3,(H2,27,28)/t12?,15?,16-,17+,20?. The highest BCUT2D eigenvalue weighted by atomic mass is 19.4. The first-order valence-electron chi connectivity index (χ1n) is 11.7. The van der Waals surface area contributed by atoms with Gasteiger partial charge in [-0.05, 0) is 50.5 Å². The lowest BCUT2D eigenvalue weighted by Crippen LogP contribution is -2.49. The number of halogens is 3. The topological polar surface area (TPSA) is 78.4 Å². The molecule has 1 saturated heterocycles. The summed E-state index contributed by atoms with van der Waals surface area (Å²) < 4.78 is 50.2. The van der Waals surface area contributed by atoms with Crippen molar-refractivity contribution < 1.29 is 22.6 Å². The summed E-state index contributed by atoms with van der Waals surface area (Å²) in [6.45, 7) is 4.86. The molecule has 2 aromatic rings. The summed E-state index contributed by atoms with van der Waals surface area (Å²) in [6.07, 6.45) is 3.21. The number of ether oxygens (including phenoxy) is 2. The van der Waals surface area contributed by atoms with Crippen molar-refractivity contribution in [3.8, 4) is 17.0 Å². The third-order valence-corrected chi connectivity index (χ3v) is 7.69. The fourth-order valence-corrected chi connectivity index (χ4v) is 5.97. The van der Waals surface area contributed by atoms with Crippen LogP contribution in [-0.4, -0.2) is 57.6 Å². The number of nitrogens with two attached hydrogens (primary N) is 1. The van der Waals surface area contributed by atoms with Gasteiger partial charge in [-0.1, -0.05) is 0 Å². The highest BCUT2D eigenvalue weighted by molar-refractivity contribution is 5.64. The van der Waals surface area contributed by atoms with Gasteiger partial charge < -0.3 is 19.8 Å². The average Bonchev–Trinajstić information content (AvgIpc) is 3.63. The van der Waals surface area contributed by atoms with Crippen LogP contribution in [0, 0.1) is 11.8 Å². The molecule has 1 aliphatic heterocycles. The fraction of sp³-hybridized carbons (Fsp3) is 0.652. The number of hydrogen-bond donors (Lipinski definition) is 1. The summed E-state index contributed by atoms with van der Waals surface area (Å²) in [5.41, 5.74) is 6.71. The van der Waals surface area contributed by atoms with Gasteiger partial charge in [-0.25, -0.2) is 9.97 Å². The highest BCUT2D eigenvalue weighted by Crippen LogP contribution is 2.63. The molecule has 5 atom stereocenters. The summed E-state index contributed by atoms with van der Waals surface area (Å²) >= 11 is 0. The molecule has 4 fully saturated rings. The van der Waals surface area contributed by atoms with E-state index in [0.717, 1.165) is 38.4 Å². The Bertz CT molecular complexity index is 1040. The summed E-state index contributed by atoms with van der Waals surface area (Å²) in [6, 6.07) is 2.80. The maximum Gasteiger partial charge on any atom is 0.573 e. The van der Waals surface area contributed by atoms with Gasteiger partial charge in [-0.3, -0.25) is 4.90 Å². The highest BCUT2D eigenvalue weighted by Gasteiger charge is 2.59. The fourth-order valence-electron chi connectivity index (χ4n) is 5.97. The van der Waals surface area contributed by atoms with E-state index in [1.165, 1.54) is 25.1 Å². The van der Waals surface area contributed by atoms with Gasteiger partial charge in [0.25, 0.3) is 0 Å². The number of hydrogen-bond acceptors (Lipinski definition) is 6. The molecule has 6 rings (SSSR count). The average molecular weight is 464 g/mol. The Labute approximate surface area is 190 Å². The molecule has 7 nitrogen and oxygen atoms in total. The molecule has 4 aliphatic rings. The van der Waals surface area contributed by atoms with E-state index in [0.29, 0.717) is 47.1 Å². The van der Waals surface area contributed by atoms with Crippen LogP contribution < -0.4 is 10.5 Å². The molecule has 2 aromatic heterocycles. The second kappa shape index (κ2) is 7.59. The zero-order valence-electron chi connectivity index (χ0n) is 18.5. The molecule has 0 aromatic carbocycles. The zero-order chi connectivity index (χ0) is 22.9. The number of alkyl halides is 3. The first-order valence-corrected chi connectivity index (χ1v) is 11.7. The Kier molecular flexibility index (Phi) is 4.88. The number of morpholine rings is 1. The minimum Gasteiger partial charge on any atom is -0.402 e. The van der Waals surface area contributed by atoms with E-state index >= 15 is 0 Å². The number of rotatable bonds is 5. The van der Waals surface area contributed by atoms with E-state index in [-0.39, 0.29) is 5.82 Å². The molecule has 0 bridgehead atoms. The SMILES string of the molecule is CC1COCCN1C1C[C@@H]2C(n3cc(-c4cnc(N)c(OC(F)(F)F)c4)nc3C3CC3)[C@@H]2C1. The lowest BCUT2D eigenvalue weighted by Gasteiger charge is -2.38. The van der Waals surface area contributed by atoms with E-state index in [9.17, 15) is 13.2 Å². The maximum atomic E-state index is 12.7. The van der Waals surface area contributed by atoms with Crippen LogP contribution in [0.25, 0.3) is 11.3 Å². The third-order valence-electron chi connectivity index (χ3n) is 7.69. The van der Waals surface area contributed by atoms with Gasteiger partial charge in [0, 0.05) is 48.5 Å². The minimum absolute atomic E-state index is 0.293. The molecular weight excluding hydrogens is 435 g/mol. The lowest BCUT2D eigenvalue weighted by atomic mass is 10.1.